The summed E-state index contributed by atoms with van der Waals surface area (Å²) in [5.41, 5.74) is 2.51. The molecule has 0 bridgehead atoms. The minimum atomic E-state index is -1.09. The van der Waals surface area contributed by atoms with Gasteiger partial charge in [0.05, 0.1) is 18.7 Å². The Labute approximate surface area is 225 Å². The topological polar surface area (TPSA) is 93.5 Å². The van der Waals surface area contributed by atoms with Crippen LogP contribution in [0, 0.1) is 5.82 Å². The summed E-state index contributed by atoms with van der Waals surface area (Å²) in [7, 11) is 0. The van der Waals surface area contributed by atoms with Crippen LogP contribution in [-0.2, 0) is 13.0 Å². The minimum Gasteiger partial charge on any atom is -0.478 e. The summed E-state index contributed by atoms with van der Waals surface area (Å²) in [6, 6.07) is 22.1. The number of aromatic carboxylic acids is 1. The summed E-state index contributed by atoms with van der Waals surface area (Å²) in [6.07, 6.45) is 0.623. The van der Waals surface area contributed by atoms with Crippen molar-refractivity contribution in [1.82, 2.24) is 15.1 Å². The molecule has 0 aliphatic heterocycles. The number of amides is 1. The SMILES string of the molecule is CCOc1cc(C(=O)NC(CS)Cc2ccccc2)nn1Cc1ccc(-c2ccccc2C(=O)O)cc1F. The highest BCUT2D eigenvalue weighted by molar-refractivity contribution is 7.80. The van der Waals surface area contributed by atoms with Crippen LogP contribution >= 0.6 is 12.6 Å². The molecule has 1 amide bonds. The molecule has 0 aliphatic rings. The van der Waals surface area contributed by atoms with Gasteiger partial charge in [-0.3, -0.25) is 4.79 Å². The van der Waals surface area contributed by atoms with Gasteiger partial charge < -0.3 is 15.2 Å². The van der Waals surface area contributed by atoms with Gasteiger partial charge in [-0.1, -0.05) is 60.7 Å². The molecule has 196 valence electrons. The van der Waals surface area contributed by atoms with Gasteiger partial charge in [-0.05, 0) is 42.2 Å². The summed E-state index contributed by atoms with van der Waals surface area (Å²) in [6.45, 7) is 2.17. The van der Waals surface area contributed by atoms with Crippen molar-refractivity contribution in [3.8, 4) is 17.0 Å². The van der Waals surface area contributed by atoms with Crippen molar-refractivity contribution in [2.75, 3.05) is 12.4 Å². The number of hydrogen-bond acceptors (Lipinski definition) is 5. The zero-order valence-corrected chi connectivity index (χ0v) is 21.7. The van der Waals surface area contributed by atoms with Crippen LogP contribution in [0.5, 0.6) is 5.88 Å². The van der Waals surface area contributed by atoms with Gasteiger partial charge in [-0.25, -0.2) is 13.9 Å². The number of nitrogens with one attached hydrogen (secondary N) is 1. The first-order valence-corrected chi connectivity index (χ1v) is 12.8. The monoisotopic (exact) mass is 533 g/mol. The quantitative estimate of drug-likeness (QED) is 0.233. The zero-order chi connectivity index (χ0) is 27.1. The van der Waals surface area contributed by atoms with Crippen LogP contribution in [0.15, 0.2) is 78.9 Å². The van der Waals surface area contributed by atoms with Gasteiger partial charge in [0.1, 0.15) is 5.82 Å². The van der Waals surface area contributed by atoms with Gasteiger partial charge in [-0.15, -0.1) is 0 Å². The number of aromatic nitrogens is 2. The molecule has 0 aliphatic carbocycles. The Kier molecular flexibility index (Phi) is 8.81. The molecule has 1 unspecified atom stereocenters. The van der Waals surface area contributed by atoms with Crippen LogP contribution in [0.25, 0.3) is 11.1 Å². The van der Waals surface area contributed by atoms with Crippen molar-refractivity contribution in [3.63, 3.8) is 0 Å². The van der Waals surface area contributed by atoms with Crippen LogP contribution in [0.3, 0.4) is 0 Å². The number of carbonyl (C=O) groups excluding carboxylic acids is 1. The van der Waals surface area contributed by atoms with E-state index in [0.717, 1.165) is 5.56 Å². The average Bonchev–Trinajstić information content (AvgIpc) is 3.32. The van der Waals surface area contributed by atoms with E-state index in [1.807, 2.05) is 37.3 Å². The molecule has 0 fully saturated rings. The predicted molar refractivity (Wildman–Crippen MR) is 147 cm³/mol. The first kappa shape index (κ1) is 26.9. The van der Waals surface area contributed by atoms with E-state index in [0.29, 0.717) is 41.4 Å². The Morgan fingerprint density at radius 1 is 1.08 bits per heavy atom. The lowest BCUT2D eigenvalue weighted by Crippen LogP contribution is -2.38. The highest BCUT2D eigenvalue weighted by Gasteiger charge is 2.20. The van der Waals surface area contributed by atoms with Gasteiger partial charge >= 0.3 is 5.97 Å². The molecule has 4 rings (SSSR count). The van der Waals surface area contributed by atoms with E-state index >= 15 is 4.39 Å². The van der Waals surface area contributed by atoms with Crippen LogP contribution in [0.4, 0.5) is 4.39 Å². The smallest absolute Gasteiger partial charge is 0.336 e. The van der Waals surface area contributed by atoms with Crippen molar-refractivity contribution >= 4 is 24.5 Å². The minimum absolute atomic E-state index is 0.0231. The number of nitrogens with zero attached hydrogens (tertiary/aromatic N) is 2. The van der Waals surface area contributed by atoms with Crippen molar-refractivity contribution in [1.29, 1.82) is 0 Å². The van der Waals surface area contributed by atoms with E-state index < -0.39 is 11.8 Å². The fraction of sp³-hybridized carbons (Fsp3) is 0.207. The maximum Gasteiger partial charge on any atom is 0.336 e. The molecular formula is C29H28FN3O4S. The molecule has 0 spiro atoms. The fourth-order valence-electron chi connectivity index (χ4n) is 4.13. The maximum absolute atomic E-state index is 15.1. The number of carbonyl (C=O) groups is 2. The summed E-state index contributed by atoms with van der Waals surface area (Å²) < 4.78 is 22.2. The molecule has 3 aromatic carbocycles. The van der Waals surface area contributed by atoms with Gasteiger partial charge in [0.15, 0.2) is 5.69 Å². The lowest BCUT2D eigenvalue weighted by Gasteiger charge is -2.15. The van der Waals surface area contributed by atoms with Gasteiger partial charge in [-0.2, -0.15) is 17.7 Å². The lowest BCUT2D eigenvalue weighted by molar-refractivity contribution is 0.0697. The van der Waals surface area contributed by atoms with Gasteiger partial charge in [0, 0.05) is 23.4 Å². The zero-order valence-electron chi connectivity index (χ0n) is 20.8. The number of carboxylic acid groups (broad SMARTS) is 1. The number of carboxylic acids is 1. The molecular weight excluding hydrogens is 505 g/mol. The molecule has 1 aromatic heterocycles. The van der Waals surface area contributed by atoms with Crippen LogP contribution < -0.4 is 10.1 Å². The molecule has 4 aromatic rings. The summed E-state index contributed by atoms with van der Waals surface area (Å²) in [5, 5.41) is 16.8. The summed E-state index contributed by atoms with van der Waals surface area (Å²) in [4.78, 5) is 24.5. The number of halogens is 1. The van der Waals surface area contributed by atoms with Crippen molar-refractivity contribution in [2.24, 2.45) is 0 Å². The van der Waals surface area contributed by atoms with Crippen molar-refractivity contribution in [3.05, 3.63) is 107 Å². The number of thiol groups is 1. The van der Waals surface area contributed by atoms with Gasteiger partial charge in [0.25, 0.3) is 5.91 Å². The number of hydrogen-bond donors (Lipinski definition) is 3. The predicted octanol–water partition coefficient (Wildman–Crippen LogP) is 5.11. The number of ether oxygens (including phenoxy) is 1. The van der Waals surface area contributed by atoms with Crippen LogP contribution in [0.2, 0.25) is 0 Å². The Balaban J connectivity index is 1.54. The first-order valence-electron chi connectivity index (χ1n) is 12.2. The molecule has 0 radical (unpaired) electrons. The number of benzene rings is 3. The van der Waals surface area contributed by atoms with Crippen LogP contribution in [-0.4, -0.2) is 45.2 Å². The third-order valence-electron chi connectivity index (χ3n) is 5.99. The Hall–Kier alpha value is -4.11. The van der Waals surface area contributed by atoms with E-state index in [1.54, 1.807) is 30.3 Å². The molecule has 9 heteroatoms. The lowest BCUT2D eigenvalue weighted by atomic mass is 9.98. The van der Waals surface area contributed by atoms with E-state index in [1.165, 1.54) is 22.9 Å². The maximum atomic E-state index is 15.1. The molecule has 38 heavy (non-hydrogen) atoms. The summed E-state index contributed by atoms with van der Waals surface area (Å²) in [5.74, 6) is -1.20. The first-order chi connectivity index (χ1) is 18.4. The second-order valence-corrected chi connectivity index (χ2v) is 9.02. The highest BCUT2D eigenvalue weighted by Crippen LogP contribution is 2.27. The normalized spacial score (nSPS) is 11.7. The Morgan fingerprint density at radius 3 is 2.50 bits per heavy atom. The molecule has 1 heterocycles. The largest absolute Gasteiger partial charge is 0.478 e. The Bertz CT molecular complexity index is 1420. The molecule has 1 atom stereocenters. The van der Waals surface area contributed by atoms with Crippen molar-refractivity contribution < 1.29 is 23.8 Å². The van der Waals surface area contributed by atoms with E-state index in [9.17, 15) is 14.7 Å². The van der Waals surface area contributed by atoms with E-state index in [4.69, 9.17) is 4.74 Å². The molecule has 7 nitrogen and oxygen atoms in total. The Morgan fingerprint density at radius 2 is 1.82 bits per heavy atom. The molecule has 0 saturated carbocycles. The third kappa shape index (κ3) is 6.41. The third-order valence-corrected chi connectivity index (χ3v) is 6.43. The van der Waals surface area contributed by atoms with Gasteiger partial charge in [0.2, 0.25) is 5.88 Å². The fourth-order valence-corrected chi connectivity index (χ4v) is 4.35. The van der Waals surface area contributed by atoms with Crippen molar-refractivity contribution in [2.45, 2.75) is 25.9 Å². The van der Waals surface area contributed by atoms with Crippen LogP contribution in [0.1, 0.15) is 38.9 Å². The average molecular weight is 534 g/mol. The van der Waals surface area contributed by atoms with E-state index in [-0.39, 0.29) is 29.8 Å². The molecule has 2 N–H and O–H groups in total. The second-order valence-electron chi connectivity index (χ2n) is 8.66. The second kappa shape index (κ2) is 12.4. The summed E-state index contributed by atoms with van der Waals surface area (Å²) >= 11 is 4.38. The standard InChI is InChI=1S/C29H28FN3O4S/c1-2-37-27-16-26(28(34)31-22(18-38)14-19-8-4-3-5-9-19)32-33(27)17-21-13-12-20(15-25(21)30)23-10-6-7-11-24(23)29(35)36/h3-13,15-16,22,38H,2,14,17-18H2,1H3,(H,31,34)(H,35,36). The molecule has 0 saturated heterocycles. The van der Waals surface area contributed by atoms with E-state index in [2.05, 4.69) is 23.0 Å². The number of rotatable bonds is 11. The highest BCUT2D eigenvalue weighted by atomic mass is 32.1.